The third kappa shape index (κ3) is 3.54. The molecule has 0 unspecified atom stereocenters. The molecule has 1 aromatic carbocycles. The van der Waals surface area contributed by atoms with Crippen LogP contribution in [0.15, 0.2) is 64.6 Å². The Morgan fingerprint density at radius 1 is 1.19 bits per heavy atom. The number of aryl methyl sites for hydroxylation is 1. The van der Waals surface area contributed by atoms with E-state index in [-0.39, 0.29) is 5.56 Å². The van der Waals surface area contributed by atoms with Gasteiger partial charge in [0.25, 0.3) is 5.56 Å². The first-order valence-corrected chi connectivity index (χ1v) is 7.81. The molecule has 8 nitrogen and oxygen atoms in total. The number of carbonyl (C=O) groups is 1. The third-order valence-corrected chi connectivity index (χ3v) is 3.77. The first-order valence-electron chi connectivity index (χ1n) is 7.81. The van der Waals surface area contributed by atoms with Gasteiger partial charge in [-0.1, -0.05) is 6.07 Å². The first kappa shape index (κ1) is 17.2. The van der Waals surface area contributed by atoms with Gasteiger partial charge in [0.15, 0.2) is 0 Å². The van der Waals surface area contributed by atoms with Crippen LogP contribution in [0.5, 0.6) is 0 Å². The molecule has 0 atom stereocenters. The molecule has 0 aliphatic rings. The molecule has 0 aliphatic carbocycles. The van der Waals surface area contributed by atoms with Crippen LogP contribution in [0.2, 0.25) is 0 Å². The van der Waals surface area contributed by atoms with Crippen LogP contribution in [0.3, 0.4) is 0 Å². The van der Waals surface area contributed by atoms with Crippen LogP contribution in [-0.2, 0) is 18.9 Å². The summed E-state index contributed by atoms with van der Waals surface area (Å²) in [6.07, 6.45) is 7.50. The number of hydrogen-bond acceptors (Lipinski definition) is 4. The first-order chi connectivity index (χ1) is 12.5. The summed E-state index contributed by atoms with van der Waals surface area (Å²) in [5, 5.41) is 6.87. The fraction of sp³-hybridized carbons (Fsp3) is 0.111. The lowest BCUT2D eigenvalue weighted by atomic mass is 10.2. The lowest BCUT2D eigenvalue weighted by Gasteiger charge is -2.06. The fourth-order valence-corrected chi connectivity index (χ4v) is 2.45. The van der Waals surface area contributed by atoms with E-state index in [9.17, 15) is 14.4 Å². The number of amides is 1. The van der Waals surface area contributed by atoms with Gasteiger partial charge in [-0.05, 0) is 30.3 Å². The SMILES string of the molecule is Cn1cc(/C=C/C(=O)Nc2cccc(-n3cccn3)c2)c(=O)n(C)c1=O. The van der Waals surface area contributed by atoms with Gasteiger partial charge in [0.1, 0.15) is 0 Å². The maximum atomic E-state index is 12.1. The Balaban J connectivity index is 1.78. The number of rotatable bonds is 4. The zero-order valence-corrected chi connectivity index (χ0v) is 14.3. The summed E-state index contributed by atoms with van der Waals surface area (Å²) in [4.78, 5) is 35.8. The minimum absolute atomic E-state index is 0.245. The number of nitrogens with zero attached hydrogens (tertiary/aromatic N) is 4. The second-order valence-electron chi connectivity index (χ2n) is 5.67. The molecule has 3 aromatic rings. The molecular weight excluding hydrogens is 334 g/mol. The minimum Gasteiger partial charge on any atom is -0.322 e. The molecule has 2 aromatic heterocycles. The Kier molecular flexibility index (Phi) is 4.66. The van der Waals surface area contributed by atoms with Gasteiger partial charge in [-0.15, -0.1) is 0 Å². The molecule has 0 bridgehead atoms. The molecule has 0 saturated heterocycles. The summed E-state index contributed by atoms with van der Waals surface area (Å²) in [6, 6.07) is 9.02. The zero-order valence-electron chi connectivity index (χ0n) is 14.3. The van der Waals surface area contributed by atoms with E-state index in [0.29, 0.717) is 5.69 Å². The van der Waals surface area contributed by atoms with Crippen molar-refractivity contribution < 1.29 is 4.79 Å². The zero-order chi connectivity index (χ0) is 18.7. The van der Waals surface area contributed by atoms with Crippen LogP contribution < -0.4 is 16.6 Å². The number of carbonyl (C=O) groups excluding carboxylic acids is 1. The topological polar surface area (TPSA) is 90.9 Å². The Labute approximate surface area is 148 Å². The summed E-state index contributed by atoms with van der Waals surface area (Å²) in [5.74, 6) is -0.390. The van der Waals surface area contributed by atoms with E-state index in [0.717, 1.165) is 10.3 Å². The molecule has 0 spiro atoms. The highest BCUT2D eigenvalue weighted by atomic mass is 16.2. The van der Waals surface area contributed by atoms with Gasteiger partial charge < -0.3 is 9.88 Å². The molecule has 0 aliphatic heterocycles. The molecule has 1 N–H and O–H groups in total. The molecule has 8 heteroatoms. The second kappa shape index (κ2) is 7.06. The van der Waals surface area contributed by atoms with Crippen molar-refractivity contribution in [1.82, 2.24) is 18.9 Å². The predicted molar refractivity (Wildman–Crippen MR) is 98.2 cm³/mol. The van der Waals surface area contributed by atoms with Gasteiger partial charge in [0, 0.05) is 44.4 Å². The van der Waals surface area contributed by atoms with Crippen molar-refractivity contribution >= 4 is 17.7 Å². The summed E-state index contributed by atoms with van der Waals surface area (Å²) in [7, 11) is 2.93. The number of benzene rings is 1. The van der Waals surface area contributed by atoms with Crippen molar-refractivity contribution in [2.75, 3.05) is 5.32 Å². The highest BCUT2D eigenvalue weighted by Gasteiger charge is 2.05. The van der Waals surface area contributed by atoms with Crippen LogP contribution in [0.25, 0.3) is 11.8 Å². The molecule has 132 valence electrons. The van der Waals surface area contributed by atoms with E-state index in [1.54, 1.807) is 42.3 Å². The maximum absolute atomic E-state index is 12.1. The monoisotopic (exact) mass is 351 g/mol. The van der Waals surface area contributed by atoms with Gasteiger partial charge in [0.05, 0.1) is 11.3 Å². The van der Waals surface area contributed by atoms with Gasteiger partial charge in [-0.3, -0.25) is 14.2 Å². The molecule has 0 radical (unpaired) electrons. The average Bonchev–Trinajstić information content (AvgIpc) is 3.17. The highest BCUT2D eigenvalue weighted by molar-refractivity contribution is 6.02. The smallest absolute Gasteiger partial charge is 0.322 e. The van der Waals surface area contributed by atoms with Crippen molar-refractivity contribution in [3.05, 3.63) is 81.4 Å². The van der Waals surface area contributed by atoms with Gasteiger partial charge >= 0.3 is 5.69 Å². The maximum Gasteiger partial charge on any atom is 0.330 e. The lowest BCUT2D eigenvalue weighted by Crippen LogP contribution is -2.37. The molecule has 3 rings (SSSR count). The van der Waals surface area contributed by atoms with Crippen LogP contribution in [0.1, 0.15) is 5.56 Å². The van der Waals surface area contributed by atoms with E-state index in [2.05, 4.69) is 10.4 Å². The summed E-state index contributed by atoms with van der Waals surface area (Å²) in [6.45, 7) is 0. The number of aromatic nitrogens is 4. The van der Waals surface area contributed by atoms with Crippen molar-refractivity contribution in [3.63, 3.8) is 0 Å². The molecule has 26 heavy (non-hydrogen) atoms. The van der Waals surface area contributed by atoms with E-state index in [4.69, 9.17) is 0 Å². The molecule has 0 fully saturated rings. The average molecular weight is 351 g/mol. The van der Waals surface area contributed by atoms with Crippen molar-refractivity contribution in [1.29, 1.82) is 0 Å². The minimum atomic E-state index is -0.460. The summed E-state index contributed by atoms with van der Waals surface area (Å²) >= 11 is 0. The van der Waals surface area contributed by atoms with E-state index >= 15 is 0 Å². The molecule has 0 saturated carbocycles. The van der Waals surface area contributed by atoms with Crippen LogP contribution in [-0.4, -0.2) is 24.8 Å². The van der Waals surface area contributed by atoms with Crippen LogP contribution >= 0.6 is 0 Å². The fourth-order valence-electron chi connectivity index (χ4n) is 2.45. The van der Waals surface area contributed by atoms with Gasteiger partial charge in [0.2, 0.25) is 5.91 Å². The van der Waals surface area contributed by atoms with Crippen LogP contribution in [0, 0.1) is 0 Å². The van der Waals surface area contributed by atoms with Crippen LogP contribution in [0.4, 0.5) is 5.69 Å². The normalized spacial score (nSPS) is 11.0. The second-order valence-corrected chi connectivity index (χ2v) is 5.67. The third-order valence-electron chi connectivity index (χ3n) is 3.77. The summed E-state index contributed by atoms with van der Waals surface area (Å²) in [5.41, 5.74) is 0.768. The quantitative estimate of drug-likeness (QED) is 0.708. The van der Waals surface area contributed by atoms with E-state index < -0.39 is 17.2 Å². The Bertz CT molecular complexity index is 1090. The number of hydrogen-bond donors (Lipinski definition) is 1. The van der Waals surface area contributed by atoms with Gasteiger partial charge in [-0.2, -0.15) is 5.10 Å². The van der Waals surface area contributed by atoms with Crippen molar-refractivity contribution in [3.8, 4) is 5.69 Å². The lowest BCUT2D eigenvalue weighted by molar-refractivity contribution is -0.111. The molecular formula is C18H17N5O3. The largest absolute Gasteiger partial charge is 0.330 e. The van der Waals surface area contributed by atoms with Crippen molar-refractivity contribution in [2.24, 2.45) is 14.1 Å². The van der Waals surface area contributed by atoms with E-state index in [1.165, 1.54) is 30.0 Å². The standard InChI is InChI=1S/C18H17N5O3/c1-21-12-13(17(25)22(2)18(21)26)7-8-16(24)20-14-5-3-6-15(11-14)23-10-4-9-19-23/h3-12H,1-2H3,(H,20,24)/b8-7+. The Hall–Kier alpha value is -3.68. The molecule has 2 heterocycles. The summed E-state index contributed by atoms with van der Waals surface area (Å²) < 4.78 is 3.96. The molecule has 1 amide bonds. The number of nitrogens with one attached hydrogen (secondary N) is 1. The van der Waals surface area contributed by atoms with Gasteiger partial charge in [-0.25, -0.2) is 9.48 Å². The highest BCUT2D eigenvalue weighted by Crippen LogP contribution is 2.14. The number of anilines is 1. The van der Waals surface area contributed by atoms with Crippen molar-refractivity contribution in [2.45, 2.75) is 0 Å². The predicted octanol–water partition coefficient (Wildman–Crippen LogP) is 0.922. The van der Waals surface area contributed by atoms with E-state index in [1.807, 2.05) is 12.1 Å². The Morgan fingerprint density at radius 2 is 2.00 bits per heavy atom. The Morgan fingerprint density at radius 3 is 2.73 bits per heavy atom.